The van der Waals surface area contributed by atoms with Crippen LogP contribution >= 0.6 is 0 Å². The molecule has 2 unspecified atom stereocenters. The highest BCUT2D eigenvalue weighted by Gasteiger charge is 2.31. The Morgan fingerprint density at radius 3 is 2.77 bits per heavy atom. The van der Waals surface area contributed by atoms with Gasteiger partial charge in [0.05, 0.1) is 11.7 Å². The first-order chi connectivity index (χ1) is 10.5. The van der Waals surface area contributed by atoms with Gasteiger partial charge in [-0.25, -0.2) is 0 Å². The maximum atomic E-state index is 12.7. The summed E-state index contributed by atoms with van der Waals surface area (Å²) in [6.45, 7) is 8.96. The fraction of sp³-hybridized carbons (Fsp3) is 0.444. The summed E-state index contributed by atoms with van der Waals surface area (Å²) < 4.78 is 0. The normalized spacial score (nSPS) is 18.4. The fourth-order valence-corrected chi connectivity index (χ4v) is 3.65. The lowest BCUT2D eigenvalue weighted by atomic mass is 9.95. The average Bonchev–Trinajstić information content (AvgIpc) is 3.00. The monoisotopic (exact) mass is 297 g/mol. The molecule has 2 atom stereocenters. The van der Waals surface area contributed by atoms with Crippen molar-refractivity contribution in [3.63, 3.8) is 0 Å². The van der Waals surface area contributed by atoms with Crippen LogP contribution in [0, 0.1) is 13.8 Å². The van der Waals surface area contributed by atoms with E-state index < -0.39 is 0 Å². The molecule has 0 aliphatic carbocycles. The minimum absolute atomic E-state index is 0.169. The van der Waals surface area contributed by atoms with Gasteiger partial charge in [-0.3, -0.25) is 9.89 Å². The minimum atomic E-state index is 0.169. The molecule has 4 nitrogen and oxygen atoms in total. The molecule has 0 spiro atoms. The number of hydrogen-bond donors (Lipinski definition) is 1. The van der Waals surface area contributed by atoms with E-state index in [1.165, 1.54) is 16.7 Å². The molecule has 22 heavy (non-hydrogen) atoms. The van der Waals surface area contributed by atoms with Crippen LogP contribution in [0.4, 0.5) is 0 Å². The Bertz CT molecular complexity index is 685. The van der Waals surface area contributed by atoms with Crippen LogP contribution in [0.25, 0.3) is 0 Å². The zero-order valence-electron chi connectivity index (χ0n) is 13.7. The molecule has 1 aromatic heterocycles. The fourth-order valence-electron chi connectivity index (χ4n) is 3.65. The summed E-state index contributed by atoms with van der Waals surface area (Å²) in [5.74, 6) is 0.401. The number of aromatic amines is 1. The molecule has 1 aromatic carbocycles. The molecule has 1 aliphatic heterocycles. The van der Waals surface area contributed by atoms with Crippen molar-refractivity contribution in [2.45, 2.75) is 52.6 Å². The van der Waals surface area contributed by atoms with Gasteiger partial charge in [-0.2, -0.15) is 5.10 Å². The lowest BCUT2D eigenvalue weighted by molar-refractivity contribution is -0.133. The molecule has 2 heterocycles. The van der Waals surface area contributed by atoms with Crippen molar-refractivity contribution in [3.8, 4) is 0 Å². The molecular formula is C18H23N3O. The number of hydrogen-bond acceptors (Lipinski definition) is 2. The third-order valence-corrected chi connectivity index (χ3v) is 4.79. The van der Waals surface area contributed by atoms with Crippen LogP contribution < -0.4 is 0 Å². The smallest absolute Gasteiger partial charge is 0.223 e. The van der Waals surface area contributed by atoms with E-state index in [1.54, 1.807) is 0 Å². The van der Waals surface area contributed by atoms with Crippen molar-refractivity contribution in [2.75, 3.05) is 0 Å². The first-order valence-corrected chi connectivity index (χ1v) is 7.87. The minimum Gasteiger partial charge on any atom is -0.332 e. The zero-order chi connectivity index (χ0) is 15.9. The summed E-state index contributed by atoms with van der Waals surface area (Å²) in [7, 11) is 0. The first kappa shape index (κ1) is 14.8. The number of aryl methyl sites for hydroxylation is 2. The molecule has 116 valence electrons. The van der Waals surface area contributed by atoms with Gasteiger partial charge >= 0.3 is 0 Å². The number of benzene rings is 1. The van der Waals surface area contributed by atoms with Gasteiger partial charge < -0.3 is 4.90 Å². The second-order valence-electron chi connectivity index (χ2n) is 6.35. The summed E-state index contributed by atoms with van der Waals surface area (Å²) >= 11 is 0. The van der Waals surface area contributed by atoms with Gasteiger partial charge in [-0.1, -0.05) is 31.2 Å². The van der Waals surface area contributed by atoms with E-state index in [4.69, 9.17) is 0 Å². The molecule has 0 saturated carbocycles. The van der Waals surface area contributed by atoms with E-state index in [0.29, 0.717) is 6.42 Å². The van der Waals surface area contributed by atoms with Crippen LogP contribution in [0.2, 0.25) is 0 Å². The predicted molar refractivity (Wildman–Crippen MR) is 86.5 cm³/mol. The third kappa shape index (κ3) is 2.43. The molecule has 0 fully saturated rings. The molecular weight excluding hydrogens is 274 g/mol. The van der Waals surface area contributed by atoms with E-state index in [0.717, 1.165) is 17.9 Å². The second-order valence-corrected chi connectivity index (χ2v) is 6.35. The van der Waals surface area contributed by atoms with E-state index >= 15 is 0 Å². The van der Waals surface area contributed by atoms with Crippen LogP contribution in [0.5, 0.6) is 0 Å². The molecule has 0 saturated heterocycles. The number of rotatable bonds is 3. The Kier molecular flexibility index (Phi) is 3.77. The van der Waals surface area contributed by atoms with Crippen molar-refractivity contribution in [1.29, 1.82) is 0 Å². The SMILES string of the molecule is Cc1n[nH]c(C)c1C(C)CC(=O)N1Cc2ccccc2C1C. The van der Waals surface area contributed by atoms with E-state index in [9.17, 15) is 4.79 Å². The Labute approximate surface area is 131 Å². The van der Waals surface area contributed by atoms with Crippen molar-refractivity contribution >= 4 is 5.91 Å². The third-order valence-electron chi connectivity index (χ3n) is 4.79. The molecule has 1 aliphatic rings. The molecule has 1 amide bonds. The molecule has 0 radical (unpaired) electrons. The van der Waals surface area contributed by atoms with E-state index in [1.807, 2.05) is 30.9 Å². The van der Waals surface area contributed by atoms with Gasteiger partial charge in [0.1, 0.15) is 0 Å². The van der Waals surface area contributed by atoms with Crippen molar-refractivity contribution in [3.05, 3.63) is 52.3 Å². The number of carbonyl (C=O) groups excluding carboxylic acids is 1. The van der Waals surface area contributed by atoms with Gasteiger partial charge in [-0.05, 0) is 43.4 Å². The average molecular weight is 297 g/mol. The lowest BCUT2D eigenvalue weighted by Crippen LogP contribution is -2.29. The summed E-state index contributed by atoms with van der Waals surface area (Å²) in [4.78, 5) is 14.7. The standard InChI is InChI=1S/C18H23N3O/c1-11(18-12(2)19-20-13(18)3)9-17(22)21-10-15-7-5-6-8-16(15)14(21)4/h5-8,11,14H,9-10H2,1-4H3,(H,19,20). The van der Waals surface area contributed by atoms with Gasteiger partial charge in [0.15, 0.2) is 0 Å². The zero-order valence-corrected chi connectivity index (χ0v) is 13.7. The maximum Gasteiger partial charge on any atom is 0.223 e. The number of fused-ring (bicyclic) bond motifs is 1. The highest BCUT2D eigenvalue weighted by atomic mass is 16.2. The Hall–Kier alpha value is -2.10. The number of nitrogens with zero attached hydrogens (tertiary/aromatic N) is 2. The second kappa shape index (κ2) is 5.59. The molecule has 4 heteroatoms. The van der Waals surface area contributed by atoms with E-state index in [-0.39, 0.29) is 17.9 Å². The van der Waals surface area contributed by atoms with Crippen LogP contribution in [-0.4, -0.2) is 21.0 Å². The van der Waals surface area contributed by atoms with Crippen LogP contribution in [0.3, 0.4) is 0 Å². The van der Waals surface area contributed by atoms with Gasteiger partial charge in [0, 0.05) is 18.7 Å². The van der Waals surface area contributed by atoms with E-state index in [2.05, 4.69) is 36.2 Å². The number of amides is 1. The molecule has 0 bridgehead atoms. The van der Waals surface area contributed by atoms with Crippen molar-refractivity contribution in [2.24, 2.45) is 0 Å². The molecule has 3 rings (SSSR count). The highest BCUT2D eigenvalue weighted by Crippen LogP contribution is 2.35. The van der Waals surface area contributed by atoms with Gasteiger partial charge in [-0.15, -0.1) is 0 Å². The topological polar surface area (TPSA) is 49.0 Å². The maximum absolute atomic E-state index is 12.7. The lowest BCUT2D eigenvalue weighted by Gasteiger charge is -2.24. The summed E-state index contributed by atoms with van der Waals surface area (Å²) in [5, 5.41) is 7.25. The highest BCUT2D eigenvalue weighted by molar-refractivity contribution is 5.78. The number of aromatic nitrogens is 2. The van der Waals surface area contributed by atoms with Crippen molar-refractivity contribution < 1.29 is 4.79 Å². The quantitative estimate of drug-likeness (QED) is 0.940. The predicted octanol–water partition coefficient (Wildman–Crippen LogP) is 3.62. The Balaban J connectivity index is 1.74. The van der Waals surface area contributed by atoms with Crippen LogP contribution in [-0.2, 0) is 11.3 Å². The van der Waals surface area contributed by atoms with Crippen molar-refractivity contribution in [1.82, 2.24) is 15.1 Å². The largest absolute Gasteiger partial charge is 0.332 e. The number of carbonyl (C=O) groups is 1. The summed E-state index contributed by atoms with van der Waals surface area (Å²) in [6, 6.07) is 8.50. The van der Waals surface area contributed by atoms with Crippen LogP contribution in [0.1, 0.15) is 60.3 Å². The Morgan fingerprint density at radius 2 is 2.14 bits per heavy atom. The summed E-state index contributed by atoms with van der Waals surface area (Å²) in [6.07, 6.45) is 0.527. The first-order valence-electron chi connectivity index (χ1n) is 7.87. The Morgan fingerprint density at radius 1 is 1.41 bits per heavy atom. The van der Waals surface area contributed by atoms with Gasteiger partial charge in [0.25, 0.3) is 0 Å². The summed E-state index contributed by atoms with van der Waals surface area (Å²) in [5.41, 5.74) is 5.79. The number of H-pyrrole nitrogens is 1. The van der Waals surface area contributed by atoms with Gasteiger partial charge in [0.2, 0.25) is 5.91 Å². The molecule has 2 aromatic rings. The number of nitrogens with one attached hydrogen (secondary N) is 1. The molecule has 1 N–H and O–H groups in total. The van der Waals surface area contributed by atoms with Crippen LogP contribution in [0.15, 0.2) is 24.3 Å².